The quantitative estimate of drug-likeness (QED) is 0.839. The first-order valence-electron chi connectivity index (χ1n) is 6.95. The van der Waals surface area contributed by atoms with Crippen molar-refractivity contribution in [1.82, 2.24) is 10.2 Å². The highest BCUT2D eigenvalue weighted by molar-refractivity contribution is 6.30. The molecule has 1 aliphatic carbocycles. The van der Waals surface area contributed by atoms with Gasteiger partial charge in [-0.2, -0.15) is 0 Å². The van der Waals surface area contributed by atoms with E-state index in [1.54, 1.807) is 0 Å². The summed E-state index contributed by atoms with van der Waals surface area (Å²) in [5, 5.41) is 4.42. The first kappa shape index (κ1) is 12.5. The van der Waals surface area contributed by atoms with Gasteiger partial charge in [0.05, 0.1) is 0 Å². The van der Waals surface area contributed by atoms with Crippen LogP contribution < -0.4 is 5.32 Å². The summed E-state index contributed by atoms with van der Waals surface area (Å²) in [6.45, 7) is 3.39. The minimum Gasteiger partial charge on any atom is -0.314 e. The van der Waals surface area contributed by atoms with Gasteiger partial charge in [0.2, 0.25) is 0 Å². The van der Waals surface area contributed by atoms with E-state index in [1.807, 2.05) is 0 Å². The summed E-state index contributed by atoms with van der Waals surface area (Å²) in [5.41, 5.74) is 3.00. The van der Waals surface area contributed by atoms with Gasteiger partial charge in [0.25, 0.3) is 0 Å². The predicted octanol–water partition coefficient (Wildman–Crippen LogP) is 2.66. The average Bonchev–Trinajstić information content (AvgIpc) is 2.38. The highest BCUT2D eigenvalue weighted by Gasteiger charge is 2.31. The Hall–Kier alpha value is -0.570. The molecule has 0 bridgehead atoms. The normalized spacial score (nSPS) is 29.0. The van der Waals surface area contributed by atoms with Gasteiger partial charge in [-0.05, 0) is 49.6 Å². The molecule has 3 rings (SSSR count). The lowest BCUT2D eigenvalue weighted by Crippen LogP contribution is -2.52. The number of benzene rings is 1. The van der Waals surface area contributed by atoms with Crippen LogP contribution in [0.3, 0.4) is 0 Å². The van der Waals surface area contributed by atoms with Gasteiger partial charge < -0.3 is 10.2 Å². The molecule has 1 aromatic rings. The first-order valence-corrected chi connectivity index (χ1v) is 7.33. The summed E-state index contributed by atoms with van der Waals surface area (Å²) in [5.74, 6) is 0.670. The van der Waals surface area contributed by atoms with Gasteiger partial charge in [0.1, 0.15) is 0 Å². The van der Waals surface area contributed by atoms with Crippen molar-refractivity contribution in [3.8, 4) is 0 Å². The van der Waals surface area contributed by atoms with E-state index < -0.39 is 0 Å². The number of nitrogens with zero attached hydrogens (tertiary/aromatic N) is 1. The van der Waals surface area contributed by atoms with Crippen LogP contribution in [0.4, 0.5) is 0 Å². The molecular weight excluding hydrogens is 244 g/mol. The maximum absolute atomic E-state index is 6.12. The molecule has 2 atom stereocenters. The van der Waals surface area contributed by atoms with E-state index in [0.29, 0.717) is 12.0 Å². The minimum atomic E-state index is 0.638. The number of aryl methyl sites for hydroxylation is 1. The van der Waals surface area contributed by atoms with Crippen LogP contribution in [0, 0.1) is 0 Å². The topological polar surface area (TPSA) is 15.3 Å². The molecule has 1 saturated heterocycles. The highest BCUT2D eigenvalue weighted by atomic mass is 35.5. The second-order valence-electron chi connectivity index (χ2n) is 5.59. The summed E-state index contributed by atoms with van der Waals surface area (Å²) < 4.78 is 0. The van der Waals surface area contributed by atoms with Gasteiger partial charge in [0.15, 0.2) is 0 Å². The van der Waals surface area contributed by atoms with Gasteiger partial charge in [-0.1, -0.05) is 17.7 Å². The summed E-state index contributed by atoms with van der Waals surface area (Å²) in [6.07, 6.45) is 3.80. The van der Waals surface area contributed by atoms with E-state index in [-0.39, 0.29) is 0 Å². The Morgan fingerprint density at radius 3 is 3.11 bits per heavy atom. The predicted molar refractivity (Wildman–Crippen MR) is 76.4 cm³/mol. The van der Waals surface area contributed by atoms with Gasteiger partial charge in [-0.25, -0.2) is 0 Å². The Morgan fingerprint density at radius 2 is 2.28 bits per heavy atom. The van der Waals surface area contributed by atoms with E-state index in [2.05, 4.69) is 35.5 Å². The molecule has 2 nitrogen and oxygen atoms in total. The van der Waals surface area contributed by atoms with E-state index >= 15 is 0 Å². The fraction of sp³-hybridized carbons (Fsp3) is 0.600. The standard InChI is InChI=1S/C15H21ClN2/c1-18-8-7-17-10-15(18)14-4-2-3-11-9-12(16)5-6-13(11)14/h5-6,9,14-15,17H,2-4,7-8,10H2,1H3. The summed E-state index contributed by atoms with van der Waals surface area (Å²) in [4.78, 5) is 2.52. The molecule has 0 radical (unpaired) electrons. The molecule has 2 unspecified atom stereocenters. The van der Waals surface area contributed by atoms with Crippen LogP contribution in [-0.2, 0) is 6.42 Å². The fourth-order valence-electron chi connectivity index (χ4n) is 3.50. The Labute approximate surface area is 114 Å². The summed E-state index contributed by atoms with van der Waals surface area (Å²) >= 11 is 6.12. The Kier molecular flexibility index (Phi) is 3.60. The van der Waals surface area contributed by atoms with Crippen LogP contribution in [0.25, 0.3) is 0 Å². The average molecular weight is 265 g/mol. The monoisotopic (exact) mass is 264 g/mol. The molecule has 1 aromatic carbocycles. The number of hydrogen-bond donors (Lipinski definition) is 1. The molecule has 0 spiro atoms. The van der Waals surface area contributed by atoms with Gasteiger partial charge in [0, 0.05) is 36.6 Å². The number of hydrogen-bond acceptors (Lipinski definition) is 2. The zero-order valence-electron chi connectivity index (χ0n) is 11.0. The lowest BCUT2D eigenvalue weighted by molar-refractivity contribution is 0.164. The van der Waals surface area contributed by atoms with Crippen LogP contribution >= 0.6 is 11.6 Å². The number of likely N-dealkylation sites (N-methyl/N-ethyl adjacent to an activating group) is 1. The zero-order valence-corrected chi connectivity index (χ0v) is 11.7. The van der Waals surface area contributed by atoms with E-state index in [4.69, 9.17) is 11.6 Å². The third-order valence-electron chi connectivity index (χ3n) is 4.49. The van der Waals surface area contributed by atoms with Crippen molar-refractivity contribution in [3.63, 3.8) is 0 Å². The van der Waals surface area contributed by atoms with Crippen LogP contribution in [-0.4, -0.2) is 37.6 Å². The molecule has 0 aromatic heterocycles. The number of nitrogens with one attached hydrogen (secondary N) is 1. The van der Waals surface area contributed by atoms with Gasteiger partial charge in [-0.3, -0.25) is 0 Å². The minimum absolute atomic E-state index is 0.638. The third kappa shape index (κ3) is 2.29. The molecule has 0 saturated carbocycles. The fourth-order valence-corrected chi connectivity index (χ4v) is 3.69. The highest BCUT2D eigenvalue weighted by Crippen LogP contribution is 2.37. The number of rotatable bonds is 1. The summed E-state index contributed by atoms with van der Waals surface area (Å²) in [6, 6.07) is 7.11. The van der Waals surface area contributed by atoms with Crippen molar-refractivity contribution < 1.29 is 0 Å². The van der Waals surface area contributed by atoms with Gasteiger partial charge in [-0.15, -0.1) is 0 Å². The summed E-state index contributed by atoms with van der Waals surface area (Å²) in [7, 11) is 2.26. The second-order valence-corrected chi connectivity index (χ2v) is 6.03. The van der Waals surface area contributed by atoms with E-state index in [1.165, 1.54) is 30.4 Å². The van der Waals surface area contributed by atoms with E-state index in [0.717, 1.165) is 24.7 Å². The molecule has 1 aliphatic heterocycles. The Balaban J connectivity index is 1.90. The number of piperazine rings is 1. The third-order valence-corrected chi connectivity index (χ3v) is 4.73. The van der Waals surface area contributed by atoms with Crippen molar-refractivity contribution >= 4 is 11.6 Å². The smallest absolute Gasteiger partial charge is 0.0408 e. The lowest BCUT2D eigenvalue weighted by Gasteiger charge is -2.41. The van der Waals surface area contributed by atoms with Crippen LogP contribution in [0.2, 0.25) is 5.02 Å². The maximum atomic E-state index is 6.12. The van der Waals surface area contributed by atoms with E-state index in [9.17, 15) is 0 Å². The second kappa shape index (κ2) is 5.20. The van der Waals surface area contributed by atoms with Crippen molar-refractivity contribution in [2.45, 2.75) is 31.2 Å². The zero-order chi connectivity index (χ0) is 12.5. The molecule has 1 fully saturated rings. The molecule has 1 heterocycles. The Morgan fingerprint density at radius 1 is 1.39 bits per heavy atom. The van der Waals surface area contributed by atoms with Crippen molar-refractivity contribution in [1.29, 1.82) is 0 Å². The van der Waals surface area contributed by atoms with Crippen LogP contribution in [0.5, 0.6) is 0 Å². The van der Waals surface area contributed by atoms with Crippen LogP contribution in [0.15, 0.2) is 18.2 Å². The number of halogens is 1. The molecule has 1 N–H and O–H groups in total. The Bertz CT molecular complexity index is 433. The molecular formula is C15H21ClN2. The molecule has 98 valence electrons. The van der Waals surface area contributed by atoms with Crippen LogP contribution in [0.1, 0.15) is 29.9 Å². The van der Waals surface area contributed by atoms with Crippen molar-refractivity contribution in [3.05, 3.63) is 34.3 Å². The molecule has 18 heavy (non-hydrogen) atoms. The molecule has 3 heteroatoms. The lowest BCUT2D eigenvalue weighted by atomic mass is 9.78. The first-order chi connectivity index (χ1) is 8.75. The number of fused-ring (bicyclic) bond motifs is 1. The SMILES string of the molecule is CN1CCNCC1C1CCCc2cc(Cl)ccc21. The molecule has 2 aliphatic rings. The van der Waals surface area contributed by atoms with Gasteiger partial charge >= 0.3 is 0 Å². The van der Waals surface area contributed by atoms with Crippen molar-refractivity contribution in [2.24, 2.45) is 0 Å². The largest absolute Gasteiger partial charge is 0.314 e. The maximum Gasteiger partial charge on any atom is 0.0408 e. The molecule has 0 amide bonds. The van der Waals surface area contributed by atoms with Crippen molar-refractivity contribution in [2.75, 3.05) is 26.7 Å².